The summed E-state index contributed by atoms with van der Waals surface area (Å²) in [4.78, 5) is 32.0. The van der Waals surface area contributed by atoms with Crippen molar-refractivity contribution < 1.29 is 18.9 Å². The Bertz CT molecular complexity index is 985. The number of ether oxygens (including phenoxy) is 1. The number of anilines is 2. The van der Waals surface area contributed by atoms with Gasteiger partial charge in [0.15, 0.2) is 5.76 Å². The summed E-state index contributed by atoms with van der Waals surface area (Å²) in [6.07, 6.45) is 2.63. The van der Waals surface area contributed by atoms with Crippen molar-refractivity contribution in [3.8, 4) is 11.6 Å². The minimum absolute atomic E-state index is 0.121. The van der Waals surface area contributed by atoms with Crippen LogP contribution in [-0.4, -0.2) is 34.9 Å². The number of rotatable bonds is 6. The number of carbonyl (C=O) groups excluding carboxylic acids is 1. The van der Waals surface area contributed by atoms with Crippen LogP contribution in [0.4, 0.5) is 17.3 Å². The zero-order valence-corrected chi connectivity index (χ0v) is 14.4. The minimum Gasteiger partial charge on any atom is -0.437 e. The van der Waals surface area contributed by atoms with E-state index in [-0.39, 0.29) is 17.3 Å². The van der Waals surface area contributed by atoms with Crippen LogP contribution in [0, 0.1) is 10.1 Å². The van der Waals surface area contributed by atoms with Gasteiger partial charge in [-0.15, -0.1) is 0 Å². The van der Waals surface area contributed by atoms with Crippen LogP contribution in [0.15, 0.2) is 53.3 Å². The molecule has 2 heterocycles. The van der Waals surface area contributed by atoms with E-state index in [4.69, 9.17) is 9.15 Å². The number of benzene rings is 1. The normalized spacial score (nSPS) is 10.3. The van der Waals surface area contributed by atoms with E-state index in [1.165, 1.54) is 18.6 Å². The average Bonchev–Trinajstić information content (AvgIpc) is 3.14. The van der Waals surface area contributed by atoms with Gasteiger partial charge in [-0.25, -0.2) is 4.98 Å². The zero-order valence-electron chi connectivity index (χ0n) is 14.4. The Hall–Kier alpha value is -3.95. The SMILES string of the molecule is CN(C)c1cccc(Oc2ncncc2NC(=O)c2ccc([N+](=O)[O-])o2)c1. The van der Waals surface area contributed by atoms with Gasteiger partial charge in [0.05, 0.1) is 12.3 Å². The van der Waals surface area contributed by atoms with E-state index in [0.29, 0.717) is 5.75 Å². The number of furan rings is 1. The van der Waals surface area contributed by atoms with Crippen molar-refractivity contribution in [3.05, 3.63) is 64.8 Å². The molecule has 0 aliphatic rings. The topological polar surface area (TPSA) is 124 Å². The first-order valence-electron chi connectivity index (χ1n) is 7.75. The number of hydrogen-bond donors (Lipinski definition) is 1. The number of nitrogens with zero attached hydrogens (tertiary/aromatic N) is 4. The fourth-order valence-corrected chi connectivity index (χ4v) is 2.15. The molecule has 10 nitrogen and oxygen atoms in total. The van der Waals surface area contributed by atoms with E-state index in [1.54, 1.807) is 6.07 Å². The third-order valence-electron chi connectivity index (χ3n) is 3.47. The van der Waals surface area contributed by atoms with Crippen LogP contribution in [0.2, 0.25) is 0 Å². The largest absolute Gasteiger partial charge is 0.437 e. The molecule has 3 aromatic rings. The summed E-state index contributed by atoms with van der Waals surface area (Å²) in [7, 11) is 3.80. The molecule has 0 saturated heterocycles. The van der Waals surface area contributed by atoms with Crippen LogP contribution in [0.1, 0.15) is 10.6 Å². The molecule has 0 aliphatic heterocycles. The molecule has 1 aromatic carbocycles. The summed E-state index contributed by atoms with van der Waals surface area (Å²) in [5.41, 5.74) is 1.12. The molecule has 2 aromatic heterocycles. The van der Waals surface area contributed by atoms with Gasteiger partial charge in [-0.1, -0.05) is 6.07 Å². The van der Waals surface area contributed by atoms with Gasteiger partial charge in [-0.3, -0.25) is 14.9 Å². The number of carbonyl (C=O) groups is 1. The first-order chi connectivity index (χ1) is 12.9. The standard InChI is InChI=1S/C17H15N5O5/c1-21(2)11-4-3-5-12(8-11)26-17-13(9-18-10-19-17)20-16(23)14-6-7-15(27-14)22(24)25/h3-10H,1-2H3,(H,20,23). The monoisotopic (exact) mass is 369 g/mol. The van der Waals surface area contributed by atoms with Crippen molar-refractivity contribution >= 4 is 23.2 Å². The maximum Gasteiger partial charge on any atom is 0.433 e. The summed E-state index contributed by atoms with van der Waals surface area (Å²) in [6, 6.07) is 9.60. The molecule has 0 bridgehead atoms. The summed E-state index contributed by atoms with van der Waals surface area (Å²) in [5, 5.41) is 13.2. The molecule has 3 rings (SSSR count). The first kappa shape index (κ1) is 17.9. The van der Waals surface area contributed by atoms with Gasteiger partial charge >= 0.3 is 5.88 Å². The summed E-state index contributed by atoms with van der Waals surface area (Å²) in [5.74, 6) is -0.795. The molecule has 1 N–H and O–H groups in total. The number of amides is 1. The predicted molar refractivity (Wildman–Crippen MR) is 96.2 cm³/mol. The fraction of sp³-hybridized carbons (Fsp3) is 0.118. The molecule has 0 atom stereocenters. The van der Waals surface area contributed by atoms with Crippen LogP contribution in [0.3, 0.4) is 0 Å². The highest BCUT2D eigenvalue weighted by molar-refractivity contribution is 6.03. The van der Waals surface area contributed by atoms with Gasteiger partial charge < -0.3 is 19.4 Å². The second-order valence-electron chi connectivity index (χ2n) is 5.58. The van der Waals surface area contributed by atoms with E-state index in [2.05, 4.69) is 15.3 Å². The second kappa shape index (κ2) is 7.52. The number of nitro groups is 1. The third kappa shape index (κ3) is 4.18. The maximum absolute atomic E-state index is 12.3. The Morgan fingerprint density at radius 1 is 1.30 bits per heavy atom. The van der Waals surface area contributed by atoms with Gasteiger partial charge in [0.2, 0.25) is 5.88 Å². The average molecular weight is 369 g/mol. The van der Waals surface area contributed by atoms with Crippen molar-refractivity contribution in [3.63, 3.8) is 0 Å². The van der Waals surface area contributed by atoms with Crippen molar-refractivity contribution in [2.45, 2.75) is 0 Å². The Labute approximate surface area is 153 Å². The van der Waals surface area contributed by atoms with Crippen LogP contribution in [-0.2, 0) is 0 Å². The van der Waals surface area contributed by atoms with E-state index < -0.39 is 16.7 Å². The smallest absolute Gasteiger partial charge is 0.433 e. The number of hydrogen-bond acceptors (Lipinski definition) is 8. The molecule has 0 fully saturated rings. The number of nitrogens with one attached hydrogen (secondary N) is 1. The molecule has 0 unspecified atom stereocenters. The van der Waals surface area contributed by atoms with Gasteiger partial charge in [0.25, 0.3) is 5.91 Å². The van der Waals surface area contributed by atoms with Crippen molar-refractivity contribution in [1.82, 2.24) is 9.97 Å². The van der Waals surface area contributed by atoms with Crippen molar-refractivity contribution in [2.24, 2.45) is 0 Å². The molecule has 0 aliphatic carbocycles. The van der Waals surface area contributed by atoms with E-state index >= 15 is 0 Å². The minimum atomic E-state index is -0.727. The third-order valence-corrected chi connectivity index (χ3v) is 3.47. The molecule has 27 heavy (non-hydrogen) atoms. The molecule has 0 saturated carbocycles. The Morgan fingerprint density at radius 3 is 2.81 bits per heavy atom. The molecular formula is C17H15N5O5. The lowest BCUT2D eigenvalue weighted by Crippen LogP contribution is -2.12. The number of aromatic nitrogens is 2. The predicted octanol–water partition coefficient (Wildman–Crippen LogP) is 3.09. The lowest BCUT2D eigenvalue weighted by molar-refractivity contribution is -0.402. The molecule has 0 radical (unpaired) electrons. The molecule has 138 valence electrons. The molecular weight excluding hydrogens is 354 g/mol. The van der Waals surface area contributed by atoms with Gasteiger partial charge in [-0.2, -0.15) is 4.98 Å². The van der Waals surface area contributed by atoms with E-state index in [1.807, 2.05) is 37.2 Å². The zero-order chi connectivity index (χ0) is 19.4. The maximum atomic E-state index is 12.3. The summed E-state index contributed by atoms with van der Waals surface area (Å²) < 4.78 is 10.6. The van der Waals surface area contributed by atoms with E-state index in [9.17, 15) is 14.9 Å². The molecule has 1 amide bonds. The fourth-order valence-electron chi connectivity index (χ4n) is 2.15. The second-order valence-corrected chi connectivity index (χ2v) is 5.58. The highest BCUT2D eigenvalue weighted by atomic mass is 16.6. The van der Waals surface area contributed by atoms with Crippen LogP contribution in [0.5, 0.6) is 11.6 Å². The van der Waals surface area contributed by atoms with Gasteiger partial charge in [0.1, 0.15) is 22.7 Å². The van der Waals surface area contributed by atoms with E-state index in [0.717, 1.165) is 11.8 Å². The molecule has 0 spiro atoms. The van der Waals surface area contributed by atoms with Gasteiger partial charge in [0, 0.05) is 25.8 Å². The van der Waals surface area contributed by atoms with Crippen LogP contribution >= 0.6 is 0 Å². The van der Waals surface area contributed by atoms with Gasteiger partial charge in [-0.05, 0) is 18.2 Å². The lowest BCUT2D eigenvalue weighted by Gasteiger charge is -2.14. The summed E-state index contributed by atoms with van der Waals surface area (Å²) >= 11 is 0. The van der Waals surface area contributed by atoms with Crippen molar-refractivity contribution in [2.75, 3.05) is 24.3 Å². The highest BCUT2D eigenvalue weighted by Gasteiger charge is 2.19. The highest BCUT2D eigenvalue weighted by Crippen LogP contribution is 2.29. The summed E-state index contributed by atoms with van der Waals surface area (Å²) in [6.45, 7) is 0. The Morgan fingerprint density at radius 2 is 2.11 bits per heavy atom. The van der Waals surface area contributed by atoms with Crippen LogP contribution < -0.4 is 15.0 Å². The lowest BCUT2D eigenvalue weighted by atomic mass is 10.3. The van der Waals surface area contributed by atoms with Crippen LogP contribution in [0.25, 0.3) is 0 Å². The Kier molecular flexibility index (Phi) is 4.97. The molecule has 10 heteroatoms. The van der Waals surface area contributed by atoms with Crippen molar-refractivity contribution in [1.29, 1.82) is 0 Å². The quantitative estimate of drug-likeness (QED) is 0.519. The first-order valence-corrected chi connectivity index (χ1v) is 7.75. The Balaban J connectivity index is 1.80.